The van der Waals surface area contributed by atoms with Gasteiger partial charge in [0.05, 0.1) is 27.7 Å². The van der Waals surface area contributed by atoms with Gasteiger partial charge in [-0.15, -0.1) is 5.11 Å². The number of phenolic OH excluding ortho intramolecular Hbond substituents is 1. The lowest BCUT2D eigenvalue weighted by atomic mass is 10.1. The monoisotopic (exact) mass is 507 g/mol. The quantitative estimate of drug-likeness (QED) is 0.134. The second kappa shape index (κ2) is 9.90. The van der Waals surface area contributed by atoms with Crippen LogP contribution in [0.15, 0.2) is 99.0 Å². The molecule has 0 fully saturated rings. The molecule has 188 valence electrons. The Morgan fingerprint density at radius 1 is 1.03 bits per heavy atom. The van der Waals surface area contributed by atoms with Crippen molar-refractivity contribution in [2.45, 2.75) is 6.92 Å². The van der Waals surface area contributed by atoms with Crippen molar-refractivity contribution in [3.05, 3.63) is 111 Å². The number of non-ortho nitro benzene ring substituents is 1. The van der Waals surface area contributed by atoms with E-state index in [0.717, 1.165) is 0 Å². The van der Waals surface area contributed by atoms with E-state index in [0.29, 0.717) is 39.2 Å². The first-order valence-corrected chi connectivity index (χ1v) is 11.5. The van der Waals surface area contributed by atoms with E-state index in [4.69, 9.17) is 0 Å². The van der Waals surface area contributed by atoms with Gasteiger partial charge in [-0.2, -0.15) is 5.11 Å². The number of fused-ring (bicyclic) bond motifs is 1. The van der Waals surface area contributed by atoms with Crippen LogP contribution in [0.5, 0.6) is 5.75 Å². The van der Waals surface area contributed by atoms with Crippen LogP contribution in [0.4, 0.5) is 22.7 Å². The number of nitrogens with zero attached hydrogens (tertiary/aromatic N) is 7. The minimum Gasteiger partial charge on any atom is -0.505 e. The number of nitro groups is 1. The number of pyridine rings is 1. The zero-order valence-corrected chi connectivity index (χ0v) is 20.4. The summed E-state index contributed by atoms with van der Waals surface area (Å²) in [6, 6.07) is 19.9. The van der Waals surface area contributed by atoms with E-state index in [1.807, 2.05) is 30.3 Å². The van der Waals surface area contributed by atoms with Crippen molar-refractivity contribution in [1.82, 2.24) is 14.3 Å². The molecule has 11 nitrogen and oxygen atoms in total. The van der Waals surface area contributed by atoms with Crippen LogP contribution in [0.3, 0.4) is 0 Å². The molecule has 2 aromatic heterocycles. The molecule has 0 aliphatic rings. The number of aromatic nitrogens is 3. The number of phenols is 1. The van der Waals surface area contributed by atoms with Crippen molar-refractivity contribution in [3.63, 3.8) is 0 Å². The normalized spacial score (nSPS) is 11.6. The van der Waals surface area contributed by atoms with Gasteiger partial charge in [-0.1, -0.05) is 18.2 Å². The van der Waals surface area contributed by atoms with Crippen LogP contribution in [0.25, 0.3) is 16.6 Å². The Morgan fingerprint density at radius 3 is 2.47 bits per heavy atom. The number of para-hydroxylation sites is 1. The molecule has 0 bridgehead atoms. The van der Waals surface area contributed by atoms with Gasteiger partial charge in [0, 0.05) is 42.5 Å². The molecule has 38 heavy (non-hydrogen) atoms. The Hall–Kier alpha value is -5.45. The van der Waals surface area contributed by atoms with Crippen LogP contribution >= 0.6 is 0 Å². The molecule has 11 heteroatoms. The maximum Gasteiger partial charge on any atom is 0.297 e. The minimum atomic E-state index is -0.491. The minimum absolute atomic E-state index is 0.0516. The van der Waals surface area contributed by atoms with Crippen LogP contribution in [-0.4, -0.2) is 30.6 Å². The maximum absolute atomic E-state index is 13.2. The van der Waals surface area contributed by atoms with E-state index in [2.05, 4.69) is 20.2 Å². The van der Waals surface area contributed by atoms with Crippen LogP contribution in [0.1, 0.15) is 11.3 Å². The molecule has 3 aromatic carbocycles. The highest BCUT2D eigenvalue weighted by Gasteiger charge is 2.16. The predicted molar refractivity (Wildman–Crippen MR) is 144 cm³/mol. The first-order chi connectivity index (χ1) is 18.3. The molecule has 0 radical (unpaired) electrons. The van der Waals surface area contributed by atoms with Gasteiger partial charge in [-0.25, -0.2) is 9.67 Å². The zero-order valence-electron chi connectivity index (χ0n) is 20.4. The summed E-state index contributed by atoms with van der Waals surface area (Å²) in [5.74, 6) is -0.115. The summed E-state index contributed by atoms with van der Waals surface area (Å²) in [7, 11) is 1.77. The Kier molecular flexibility index (Phi) is 6.32. The Bertz CT molecular complexity index is 1790. The standard InChI is InChI=1S/C27H21N7O4/c1-17-24(27(36)33(32(17)2)20-7-4-3-5-8-20)29-16-18-15-23(22-9-6-14-28-25(22)26(18)35)31-30-19-10-12-21(13-11-19)34(37)38/h3-16,35H,1-2H3. The van der Waals surface area contributed by atoms with Crippen molar-refractivity contribution in [3.8, 4) is 11.4 Å². The van der Waals surface area contributed by atoms with Gasteiger partial charge in [-0.3, -0.25) is 24.6 Å². The predicted octanol–water partition coefficient (Wildman–Crippen LogP) is 5.81. The van der Waals surface area contributed by atoms with Gasteiger partial charge < -0.3 is 5.11 Å². The highest BCUT2D eigenvalue weighted by molar-refractivity contribution is 6.01. The average molecular weight is 508 g/mol. The molecule has 5 rings (SSSR count). The van der Waals surface area contributed by atoms with Gasteiger partial charge in [-0.05, 0) is 49.4 Å². The summed E-state index contributed by atoms with van der Waals surface area (Å²) in [6.45, 7) is 1.79. The molecule has 0 amide bonds. The van der Waals surface area contributed by atoms with Crippen molar-refractivity contribution in [1.29, 1.82) is 0 Å². The molecule has 0 atom stereocenters. The van der Waals surface area contributed by atoms with Crippen LogP contribution in [-0.2, 0) is 7.05 Å². The fourth-order valence-corrected chi connectivity index (χ4v) is 4.00. The lowest BCUT2D eigenvalue weighted by Crippen LogP contribution is -2.19. The maximum atomic E-state index is 13.2. The topological polar surface area (TPSA) is 140 Å². The molecule has 2 heterocycles. The molecular formula is C27H21N7O4. The summed E-state index contributed by atoms with van der Waals surface area (Å²) in [5, 5.41) is 30.8. The Morgan fingerprint density at radius 2 is 1.76 bits per heavy atom. The van der Waals surface area contributed by atoms with Gasteiger partial charge in [0.1, 0.15) is 5.52 Å². The molecule has 5 aromatic rings. The molecule has 0 aliphatic heterocycles. The summed E-state index contributed by atoms with van der Waals surface area (Å²) in [6.07, 6.45) is 2.94. The number of benzene rings is 3. The van der Waals surface area contributed by atoms with Crippen LogP contribution < -0.4 is 5.56 Å². The second-order valence-electron chi connectivity index (χ2n) is 8.37. The fourth-order valence-electron chi connectivity index (χ4n) is 4.00. The molecule has 0 unspecified atom stereocenters. The largest absolute Gasteiger partial charge is 0.505 e. The third-order valence-corrected chi connectivity index (χ3v) is 6.06. The highest BCUT2D eigenvalue weighted by atomic mass is 16.6. The molecule has 1 N–H and O–H groups in total. The Labute approximate surface area is 215 Å². The van der Waals surface area contributed by atoms with Crippen molar-refractivity contribution in [2.75, 3.05) is 0 Å². The van der Waals surface area contributed by atoms with Crippen LogP contribution in [0, 0.1) is 17.0 Å². The van der Waals surface area contributed by atoms with Gasteiger partial charge in [0.25, 0.3) is 11.2 Å². The summed E-state index contributed by atoms with van der Waals surface area (Å²) < 4.78 is 3.24. The first-order valence-electron chi connectivity index (χ1n) is 11.5. The SMILES string of the molecule is Cc1c(N=Cc2cc(N=Nc3ccc([N+](=O)[O-])cc3)c3cccnc3c2O)c(=O)n(-c2ccccc2)n1C. The number of aromatic hydroxyl groups is 1. The third-order valence-electron chi connectivity index (χ3n) is 6.06. The number of azo groups is 1. The van der Waals surface area contributed by atoms with Crippen molar-refractivity contribution >= 4 is 39.9 Å². The zero-order chi connectivity index (χ0) is 26.8. The molecular weight excluding hydrogens is 486 g/mol. The van der Waals surface area contributed by atoms with Crippen molar-refractivity contribution in [2.24, 2.45) is 22.3 Å². The van der Waals surface area contributed by atoms with E-state index in [-0.39, 0.29) is 22.7 Å². The van der Waals surface area contributed by atoms with Crippen LogP contribution in [0.2, 0.25) is 0 Å². The number of hydrogen-bond donors (Lipinski definition) is 1. The van der Waals surface area contributed by atoms with Gasteiger partial charge in [0.15, 0.2) is 11.4 Å². The molecule has 0 spiro atoms. The molecule has 0 saturated carbocycles. The Balaban J connectivity index is 1.56. The van der Waals surface area contributed by atoms with E-state index in [9.17, 15) is 20.0 Å². The highest BCUT2D eigenvalue weighted by Crippen LogP contribution is 2.35. The molecule has 0 aliphatic carbocycles. The second-order valence-corrected chi connectivity index (χ2v) is 8.37. The lowest BCUT2D eigenvalue weighted by molar-refractivity contribution is -0.384. The van der Waals surface area contributed by atoms with Gasteiger partial charge in [0.2, 0.25) is 0 Å². The van der Waals surface area contributed by atoms with E-state index < -0.39 is 4.92 Å². The van der Waals surface area contributed by atoms with E-state index in [1.54, 1.807) is 43.0 Å². The number of nitro benzene ring substituents is 1. The van der Waals surface area contributed by atoms with E-state index >= 15 is 0 Å². The van der Waals surface area contributed by atoms with Gasteiger partial charge >= 0.3 is 0 Å². The first kappa shape index (κ1) is 24.3. The number of rotatable bonds is 6. The summed E-state index contributed by atoms with van der Waals surface area (Å²) >= 11 is 0. The summed E-state index contributed by atoms with van der Waals surface area (Å²) in [5.41, 5.74) is 2.62. The lowest BCUT2D eigenvalue weighted by Gasteiger charge is -2.07. The van der Waals surface area contributed by atoms with Crippen molar-refractivity contribution < 1.29 is 10.0 Å². The number of hydrogen-bond acceptors (Lipinski definition) is 8. The average Bonchev–Trinajstić information content (AvgIpc) is 3.15. The smallest absolute Gasteiger partial charge is 0.297 e. The fraction of sp³-hybridized carbons (Fsp3) is 0.0741. The molecule has 0 saturated heterocycles. The number of aliphatic imine (C=N–C) groups is 1. The van der Waals surface area contributed by atoms with E-state index in [1.165, 1.54) is 35.2 Å². The summed E-state index contributed by atoms with van der Waals surface area (Å²) in [4.78, 5) is 32.3. The third kappa shape index (κ3) is 4.44.